The third-order valence-electron chi connectivity index (χ3n) is 3.54. The van der Waals surface area contributed by atoms with Crippen LogP contribution in [0.4, 0.5) is 0 Å². The molecule has 19 heavy (non-hydrogen) atoms. The van der Waals surface area contributed by atoms with Gasteiger partial charge in [0.05, 0.1) is 11.3 Å². The predicted molar refractivity (Wildman–Crippen MR) is 76.5 cm³/mol. The maximum atomic E-state index is 12.1. The van der Waals surface area contributed by atoms with Gasteiger partial charge in [-0.15, -0.1) is 0 Å². The summed E-state index contributed by atoms with van der Waals surface area (Å²) in [4.78, 5) is 16.6. The van der Waals surface area contributed by atoms with Crippen LogP contribution < -0.4 is 5.32 Å². The molecule has 0 aliphatic carbocycles. The highest BCUT2D eigenvalue weighted by atomic mass is 16.1. The van der Waals surface area contributed by atoms with Gasteiger partial charge in [-0.1, -0.05) is 13.8 Å². The molecule has 4 heteroatoms. The summed E-state index contributed by atoms with van der Waals surface area (Å²) < 4.78 is 1.99. The lowest BCUT2D eigenvalue weighted by Gasteiger charge is -2.11. The molecule has 1 N–H and O–H groups in total. The van der Waals surface area contributed by atoms with Crippen molar-refractivity contribution in [3.05, 3.63) is 35.3 Å². The summed E-state index contributed by atoms with van der Waals surface area (Å²) in [7, 11) is 0. The van der Waals surface area contributed by atoms with Crippen LogP contribution in [0.25, 0.3) is 5.65 Å². The van der Waals surface area contributed by atoms with Crippen molar-refractivity contribution in [2.45, 2.75) is 46.6 Å². The second-order valence-electron chi connectivity index (χ2n) is 4.93. The SMILES string of the molecule is CCc1nc2ccc(C(=O)NC(C)CC)cn2c1C. The van der Waals surface area contributed by atoms with Crippen molar-refractivity contribution < 1.29 is 4.79 Å². The summed E-state index contributed by atoms with van der Waals surface area (Å²) in [5.41, 5.74) is 3.76. The van der Waals surface area contributed by atoms with Crippen LogP contribution in [0, 0.1) is 6.92 Å². The Bertz CT molecular complexity index is 601. The molecule has 102 valence electrons. The largest absolute Gasteiger partial charge is 0.350 e. The molecule has 2 rings (SSSR count). The molecule has 0 saturated heterocycles. The van der Waals surface area contributed by atoms with Gasteiger partial charge in [-0.3, -0.25) is 4.79 Å². The van der Waals surface area contributed by atoms with E-state index in [9.17, 15) is 4.79 Å². The maximum absolute atomic E-state index is 12.1. The Morgan fingerprint density at radius 3 is 2.79 bits per heavy atom. The molecule has 4 nitrogen and oxygen atoms in total. The Hall–Kier alpha value is -1.84. The van der Waals surface area contributed by atoms with Gasteiger partial charge in [-0.2, -0.15) is 0 Å². The fraction of sp³-hybridized carbons (Fsp3) is 0.467. The van der Waals surface area contributed by atoms with E-state index in [4.69, 9.17) is 0 Å². The van der Waals surface area contributed by atoms with Gasteiger partial charge >= 0.3 is 0 Å². The number of rotatable bonds is 4. The molecule has 1 amide bonds. The molecule has 2 aromatic rings. The van der Waals surface area contributed by atoms with Crippen LogP contribution >= 0.6 is 0 Å². The molecular weight excluding hydrogens is 238 g/mol. The van der Waals surface area contributed by atoms with Crippen LogP contribution in [0.15, 0.2) is 18.3 Å². The molecule has 0 saturated carbocycles. The zero-order chi connectivity index (χ0) is 14.0. The first-order valence-electron chi connectivity index (χ1n) is 6.85. The van der Waals surface area contributed by atoms with Crippen molar-refractivity contribution in [1.82, 2.24) is 14.7 Å². The molecule has 0 aliphatic rings. The zero-order valence-corrected chi connectivity index (χ0v) is 12.0. The first-order valence-corrected chi connectivity index (χ1v) is 6.85. The third kappa shape index (κ3) is 2.62. The maximum Gasteiger partial charge on any atom is 0.252 e. The number of fused-ring (bicyclic) bond motifs is 1. The van der Waals surface area contributed by atoms with E-state index in [-0.39, 0.29) is 11.9 Å². The number of hydrogen-bond acceptors (Lipinski definition) is 2. The smallest absolute Gasteiger partial charge is 0.252 e. The Kier molecular flexibility index (Phi) is 3.88. The summed E-state index contributed by atoms with van der Waals surface area (Å²) in [5, 5.41) is 2.98. The van der Waals surface area contributed by atoms with Gasteiger partial charge < -0.3 is 9.72 Å². The fourth-order valence-corrected chi connectivity index (χ4v) is 2.09. The molecule has 0 aromatic carbocycles. The van der Waals surface area contributed by atoms with Crippen LogP contribution in [0.2, 0.25) is 0 Å². The second-order valence-corrected chi connectivity index (χ2v) is 4.93. The lowest BCUT2D eigenvalue weighted by atomic mass is 10.2. The van der Waals surface area contributed by atoms with Gasteiger partial charge in [0.1, 0.15) is 5.65 Å². The lowest BCUT2D eigenvalue weighted by Crippen LogP contribution is -2.32. The van der Waals surface area contributed by atoms with E-state index < -0.39 is 0 Å². The minimum atomic E-state index is -0.0256. The number of imidazole rings is 1. The topological polar surface area (TPSA) is 46.4 Å². The van der Waals surface area contributed by atoms with E-state index >= 15 is 0 Å². The Morgan fingerprint density at radius 2 is 2.16 bits per heavy atom. The van der Waals surface area contributed by atoms with E-state index in [2.05, 4.69) is 24.1 Å². The van der Waals surface area contributed by atoms with E-state index in [1.54, 1.807) is 0 Å². The Morgan fingerprint density at radius 1 is 1.42 bits per heavy atom. The second kappa shape index (κ2) is 5.43. The molecule has 1 atom stereocenters. The minimum Gasteiger partial charge on any atom is -0.350 e. The number of nitrogens with zero attached hydrogens (tertiary/aromatic N) is 2. The van der Waals surface area contributed by atoms with Crippen molar-refractivity contribution in [3.8, 4) is 0 Å². The van der Waals surface area contributed by atoms with Gasteiger partial charge in [0, 0.05) is 17.9 Å². The van der Waals surface area contributed by atoms with E-state index in [0.717, 1.165) is 29.9 Å². The van der Waals surface area contributed by atoms with Gasteiger partial charge in [-0.05, 0) is 38.8 Å². The Labute approximate surface area is 113 Å². The van der Waals surface area contributed by atoms with Crippen LogP contribution in [-0.4, -0.2) is 21.3 Å². The average molecular weight is 259 g/mol. The van der Waals surface area contributed by atoms with Crippen molar-refractivity contribution in [2.24, 2.45) is 0 Å². The minimum absolute atomic E-state index is 0.0256. The first kappa shape index (κ1) is 13.6. The first-order chi connectivity index (χ1) is 9.06. The number of aryl methyl sites for hydroxylation is 2. The van der Waals surface area contributed by atoms with E-state index in [1.807, 2.05) is 36.6 Å². The van der Waals surface area contributed by atoms with Crippen LogP contribution in [-0.2, 0) is 6.42 Å². The highest BCUT2D eigenvalue weighted by Gasteiger charge is 2.12. The number of carbonyl (C=O) groups excluding carboxylic acids is 1. The molecular formula is C15H21N3O. The van der Waals surface area contributed by atoms with Crippen molar-refractivity contribution in [3.63, 3.8) is 0 Å². The summed E-state index contributed by atoms with van der Waals surface area (Å²) in [6.45, 7) is 8.19. The quantitative estimate of drug-likeness (QED) is 0.917. The number of nitrogens with one attached hydrogen (secondary N) is 1. The van der Waals surface area contributed by atoms with Gasteiger partial charge in [0.2, 0.25) is 0 Å². The predicted octanol–water partition coefficient (Wildman–Crippen LogP) is 2.73. The molecule has 0 aliphatic heterocycles. The third-order valence-corrected chi connectivity index (χ3v) is 3.54. The molecule has 0 spiro atoms. The molecule has 0 radical (unpaired) electrons. The molecule has 2 aromatic heterocycles. The van der Waals surface area contributed by atoms with Gasteiger partial charge in [0.15, 0.2) is 0 Å². The number of aromatic nitrogens is 2. The van der Waals surface area contributed by atoms with Crippen LogP contribution in [0.1, 0.15) is 48.9 Å². The number of pyridine rings is 1. The number of hydrogen-bond donors (Lipinski definition) is 1. The summed E-state index contributed by atoms with van der Waals surface area (Å²) >= 11 is 0. The van der Waals surface area contributed by atoms with Crippen LogP contribution in [0.3, 0.4) is 0 Å². The normalized spacial score (nSPS) is 12.6. The summed E-state index contributed by atoms with van der Waals surface area (Å²) in [5.74, 6) is -0.0256. The highest BCUT2D eigenvalue weighted by Crippen LogP contribution is 2.14. The Balaban J connectivity index is 2.35. The number of amides is 1. The summed E-state index contributed by atoms with van der Waals surface area (Å²) in [6.07, 6.45) is 3.70. The molecule has 1 unspecified atom stereocenters. The van der Waals surface area contributed by atoms with Gasteiger partial charge in [0.25, 0.3) is 5.91 Å². The van der Waals surface area contributed by atoms with Crippen molar-refractivity contribution in [2.75, 3.05) is 0 Å². The van der Waals surface area contributed by atoms with Crippen LogP contribution in [0.5, 0.6) is 0 Å². The molecule has 2 heterocycles. The summed E-state index contributed by atoms with van der Waals surface area (Å²) in [6, 6.07) is 3.93. The van der Waals surface area contributed by atoms with E-state index in [1.165, 1.54) is 0 Å². The standard InChI is InChI=1S/C15H21N3O/c1-5-10(3)16-15(19)12-7-8-14-17-13(6-2)11(4)18(14)9-12/h7-10H,5-6H2,1-4H3,(H,16,19). The molecule has 0 bridgehead atoms. The number of carbonyl (C=O) groups is 1. The monoisotopic (exact) mass is 259 g/mol. The highest BCUT2D eigenvalue weighted by molar-refractivity contribution is 5.94. The van der Waals surface area contributed by atoms with Gasteiger partial charge in [-0.25, -0.2) is 4.98 Å². The van der Waals surface area contributed by atoms with Crippen molar-refractivity contribution in [1.29, 1.82) is 0 Å². The average Bonchev–Trinajstić information content (AvgIpc) is 2.74. The molecule has 0 fully saturated rings. The fourth-order valence-electron chi connectivity index (χ4n) is 2.09. The zero-order valence-electron chi connectivity index (χ0n) is 12.0. The van der Waals surface area contributed by atoms with Crippen molar-refractivity contribution >= 4 is 11.6 Å². The van der Waals surface area contributed by atoms with E-state index in [0.29, 0.717) is 5.56 Å². The lowest BCUT2D eigenvalue weighted by molar-refractivity contribution is 0.0939.